The maximum atomic E-state index is 13.0. The Balaban J connectivity index is 1.70. The number of halogens is 2. The van der Waals surface area contributed by atoms with E-state index in [0.717, 1.165) is 5.56 Å². The number of benzene rings is 2. The maximum absolute atomic E-state index is 13.0. The van der Waals surface area contributed by atoms with Crippen molar-refractivity contribution in [2.75, 3.05) is 5.32 Å². The first-order valence-corrected chi connectivity index (χ1v) is 8.94. The normalized spacial score (nSPS) is 11.1. The van der Waals surface area contributed by atoms with Gasteiger partial charge in [0.05, 0.1) is 27.6 Å². The van der Waals surface area contributed by atoms with Crippen LogP contribution in [-0.4, -0.2) is 35.7 Å². The number of carbonyl (C=O) groups excluding carboxylic acids is 1. The highest BCUT2D eigenvalue weighted by atomic mass is 35.5. The molecule has 0 saturated heterocycles. The summed E-state index contributed by atoms with van der Waals surface area (Å²) in [5.41, 5.74) is 1.83. The van der Waals surface area contributed by atoms with E-state index in [4.69, 9.17) is 23.2 Å². The minimum Gasteiger partial charge on any atom is -0.290 e. The molecule has 28 heavy (non-hydrogen) atoms. The maximum Gasteiger partial charge on any atom is 0.329 e. The van der Waals surface area contributed by atoms with Crippen molar-refractivity contribution in [1.82, 2.24) is 29.8 Å². The van der Waals surface area contributed by atoms with Gasteiger partial charge in [-0.25, -0.2) is 4.79 Å². The molecule has 0 aliphatic heterocycles. The molecule has 0 saturated carbocycles. The van der Waals surface area contributed by atoms with Gasteiger partial charge >= 0.3 is 5.69 Å². The largest absolute Gasteiger partial charge is 0.329 e. The van der Waals surface area contributed by atoms with E-state index in [1.54, 1.807) is 34.9 Å². The molecule has 4 aromatic rings. The molecule has 0 atom stereocenters. The summed E-state index contributed by atoms with van der Waals surface area (Å²) >= 11 is 12.0. The second-order valence-electron chi connectivity index (χ2n) is 5.98. The fourth-order valence-corrected chi connectivity index (χ4v) is 3.24. The second kappa shape index (κ2) is 7.45. The number of para-hydroxylation sites is 2. The molecule has 0 aliphatic carbocycles. The Bertz CT molecular complexity index is 1210. The number of hydrogen-bond acceptors (Lipinski definition) is 5. The van der Waals surface area contributed by atoms with Crippen molar-refractivity contribution in [2.45, 2.75) is 13.1 Å². The first kappa shape index (κ1) is 18.2. The minimum absolute atomic E-state index is 0.0394. The molecule has 0 fully saturated rings. The van der Waals surface area contributed by atoms with E-state index in [1.165, 1.54) is 4.57 Å². The summed E-state index contributed by atoms with van der Waals surface area (Å²) in [7, 11) is 0. The molecule has 2 N–H and O–H groups in total. The predicted octanol–water partition coefficient (Wildman–Crippen LogP) is 2.31. The van der Waals surface area contributed by atoms with Gasteiger partial charge in [0.25, 0.3) is 5.95 Å². The molecule has 0 aliphatic rings. The third-order valence-electron chi connectivity index (χ3n) is 4.15. The van der Waals surface area contributed by atoms with Crippen molar-refractivity contribution in [3.8, 4) is 0 Å². The summed E-state index contributed by atoms with van der Waals surface area (Å²) in [5, 5.41) is 16.3. The summed E-state index contributed by atoms with van der Waals surface area (Å²) in [4.78, 5) is 25.3. The molecule has 142 valence electrons. The third-order valence-corrected chi connectivity index (χ3v) is 4.89. The molecular formula is C17H13Cl2N7O2. The van der Waals surface area contributed by atoms with E-state index in [1.807, 2.05) is 12.1 Å². The van der Waals surface area contributed by atoms with Gasteiger partial charge in [0.2, 0.25) is 5.91 Å². The van der Waals surface area contributed by atoms with Gasteiger partial charge in [0.15, 0.2) is 0 Å². The van der Waals surface area contributed by atoms with Crippen LogP contribution in [0.15, 0.2) is 47.3 Å². The molecule has 0 radical (unpaired) electrons. The van der Waals surface area contributed by atoms with Crippen molar-refractivity contribution in [2.24, 2.45) is 0 Å². The Morgan fingerprint density at radius 1 is 1.07 bits per heavy atom. The summed E-state index contributed by atoms with van der Waals surface area (Å²) in [5.74, 6) is -0.404. The topological polar surface area (TPSA) is 110 Å². The monoisotopic (exact) mass is 417 g/mol. The lowest BCUT2D eigenvalue weighted by Gasteiger charge is -2.05. The molecule has 1 amide bonds. The number of aromatic amines is 1. The van der Waals surface area contributed by atoms with Crippen LogP contribution in [0, 0.1) is 0 Å². The van der Waals surface area contributed by atoms with Crippen LogP contribution in [0.25, 0.3) is 11.0 Å². The minimum atomic E-state index is -0.444. The van der Waals surface area contributed by atoms with Crippen LogP contribution in [0.2, 0.25) is 10.0 Å². The number of rotatable bonds is 5. The van der Waals surface area contributed by atoms with Crippen LogP contribution in [0.4, 0.5) is 5.95 Å². The standard InChI is InChI=1S/C17H13Cl2N7O2/c18-11-6-5-10(7-12(11)19)8-25-13-3-1-2-4-14(13)26(17(25)28)9-15(27)20-16-21-23-24-22-16/h1-7H,8-9H2,(H2,20,21,22,23,24,27). The molecule has 2 aromatic heterocycles. The first-order valence-electron chi connectivity index (χ1n) is 8.18. The first-order chi connectivity index (χ1) is 13.5. The van der Waals surface area contributed by atoms with E-state index < -0.39 is 5.91 Å². The number of nitrogens with zero attached hydrogens (tertiary/aromatic N) is 5. The molecule has 2 heterocycles. The predicted molar refractivity (Wildman–Crippen MR) is 105 cm³/mol. The van der Waals surface area contributed by atoms with Gasteiger partial charge in [0, 0.05) is 0 Å². The van der Waals surface area contributed by atoms with Crippen LogP contribution >= 0.6 is 23.2 Å². The van der Waals surface area contributed by atoms with Crippen LogP contribution in [0.3, 0.4) is 0 Å². The summed E-state index contributed by atoms with van der Waals surface area (Å²) in [6.07, 6.45) is 0. The van der Waals surface area contributed by atoms with Gasteiger partial charge in [-0.05, 0) is 35.0 Å². The van der Waals surface area contributed by atoms with Gasteiger partial charge < -0.3 is 0 Å². The Morgan fingerprint density at radius 3 is 2.50 bits per heavy atom. The van der Waals surface area contributed by atoms with E-state index in [2.05, 4.69) is 25.9 Å². The lowest BCUT2D eigenvalue weighted by Crippen LogP contribution is -2.29. The summed E-state index contributed by atoms with van der Waals surface area (Å²) in [6, 6.07) is 12.4. The average molecular weight is 418 g/mol. The highest BCUT2D eigenvalue weighted by molar-refractivity contribution is 6.42. The number of imidazole rings is 1. The van der Waals surface area contributed by atoms with E-state index in [0.29, 0.717) is 21.1 Å². The number of hydrogen-bond donors (Lipinski definition) is 2. The fraction of sp³-hybridized carbons (Fsp3) is 0.118. The summed E-state index contributed by atoms with van der Waals surface area (Å²) in [6.45, 7) is 0.0952. The van der Waals surface area contributed by atoms with Gasteiger partial charge in [-0.2, -0.15) is 5.21 Å². The van der Waals surface area contributed by atoms with Crippen molar-refractivity contribution >= 4 is 46.1 Å². The van der Waals surface area contributed by atoms with Crippen molar-refractivity contribution < 1.29 is 4.79 Å². The van der Waals surface area contributed by atoms with Crippen LogP contribution in [0.5, 0.6) is 0 Å². The van der Waals surface area contributed by atoms with E-state index in [9.17, 15) is 9.59 Å². The van der Waals surface area contributed by atoms with Crippen molar-refractivity contribution in [3.63, 3.8) is 0 Å². The molecule has 4 rings (SSSR count). The Labute approximate surface area is 167 Å². The van der Waals surface area contributed by atoms with E-state index >= 15 is 0 Å². The van der Waals surface area contributed by atoms with Gasteiger partial charge in [-0.3, -0.25) is 19.2 Å². The van der Waals surface area contributed by atoms with Crippen molar-refractivity contribution in [1.29, 1.82) is 0 Å². The molecule has 9 nitrogen and oxygen atoms in total. The Kier molecular flexibility index (Phi) is 4.84. The smallest absolute Gasteiger partial charge is 0.290 e. The second-order valence-corrected chi connectivity index (χ2v) is 6.79. The number of fused-ring (bicyclic) bond motifs is 1. The number of H-pyrrole nitrogens is 1. The SMILES string of the molecule is O=C(Cn1c(=O)n(Cc2ccc(Cl)c(Cl)c2)c2ccccc21)Nc1nn[nH]n1. The average Bonchev–Trinajstić information content (AvgIpc) is 3.27. The van der Waals surface area contributed by atoms with Crippen LogP contribution in [-0.2, 0) is 17.9 Å². The van der Waals surface area contributed by atoms with E-state index in [-0.39, 0.29) is 24.7 Å². The number of carbonyl (C=O) groups is 1. The Hall–Kier alpha value is -3.17. The molecule has 2 aromatic carbocycles. The number of aromatic nitrogens is 6. The zero-order chi connectivity index (χ0) is 19.7. The Morgan fingerprint density at radius 2 is 1.82 bits per heavy atom. The summed E-state index contributed by atoms with van der Waals surface area (Å²) < 4.78 is 2.97. The molecule has 0 unspecified atom stereocenters. The third kappa shape index (κ3) is 3.49. The fourth-order valence-electron chi connectivity index (χ4n) is 2.92. The number of anilines is 1. The zero-order valence-corrected chi connectivity index (χ0v) is 15.8. The highest BCUT2D eigenvalue weighted by Gasteiger charge is 2.16. The highest BCUT2D eigenvalue weighted by Crippen LogP contribution is 2.23. The lowest BCUT2D eigenvalue weighted by atomic mass is 10.2. The molecule has 11 heteroatoms. The number of tetrazole rings is 1. The number of amides is 1. The zero-order valence-electron chi connectivity index (χ0n) is 14.3. The van der Waals surface area contributed by atoms with Gasteiger partial charge in [-0.15, -0.1) is 5.10 Å². The molecular weight excluding hydrogens is 405 g/mol. The quantitative estimate of drug-likeness (QED) is 0.517. The lowest BCUT2D eigenvalue weighted by molar-refractivity contribution is -0.116. The van der Waals surface area contributed by atoms with Crippen LogP contribution in [0.1, 0.15) is 5.56 Å². The van der Waals surface area contributed by atoms with Gasteiger partial charge in [-0.1, -0.05) is 46.5 Å². The van der Waals surface area contributed by atoms with Crippen molar-refractivity contribution in [3.05, 3.63) is 68.6 Å². The number of nitrogens with one attached hydrogen (secondary N) is 2. The van der Waals surface area contributed by atoms with Gasteiger partial charge in [0.1, 0.15) is 6.54 Å². The molecule has 0 spiro atoms. The van der Waals surface area contributed by atoms with Crippen LogP contribution < -0.4 is 11.0 Å². The molecule has 0 bridgehead atoms.